The fourth-order valence-corrected chi connectivity index (χ4v) is 5.07. The monoisotopic (exact) mass is 418 g/mol. The Labute approximate surface area is 172 Å². The Bertz CT molecular complexity index is 982. The van der Waals surface area contributed by atoms with Crippen LogP contribution in [0.15, 0.2) is 47.4 Å². The first kappa shape index (κ1) is 21.5. The van der Waals surface area contributed by atoms with E-state index in [9.17, 15) is 17.6 Å². The van der Waals surface area contributed by atoms with Crippen molar-refractivity contribution in [3.63, 3.8) is 0 Å². The third kappa shape index (κ3) is 4.36. The van der Waals surface area contributed by atoms with Crippen molar-refractivity contribution in [2.45, 2.75) is 38.0 Å². The van der Waals surface area contributed by atoms with Gasteiger partial charge in [0.25, 0.3) is 0 Å². The molecule has 1 aliphatic rings. The van der Waals surface area contributed by atoms with Gasteiger partial charge in [-0.25, -0.2) is 12.8 Å². The molecular weight excluding hydrogens is 391 g/mol. The summed E-state index contributed by atoms with van der Waals surface area (Å²) in [5.74, 6) is -0.502. The zero-order chi connectivity index (χ0) is 21.2. The van der Waals surface area contributed by atoms with Crippen molar-refractivity contribution in [3.8, 4) is 0 Å². The second-order valence-electron chi connectivity index (χ2n) is 7.46. The number of hydrogen-bond donors (Lipinski definition) is 0. The molecule has 1 saturated heterocycles. The Morgan fingerprint density at radius 3 is 2.24 bits per heavy atom. The van der Waals surface area contributed by atoms with E-state index in [1.54, 1.807) is 24.3 Å². The predicted octanol–water partition coefficient (Wildman–Crippen LogP) is 4.05. The smallest absolute Gasteiger partial charge is 0.243 e. The average molecular weight is 419 g/mol. The number of nitrogens with zero attached hydrogens (tertiary/aromatic N) is 2. The standard InChI is InChI=1S/C22H27FN2O3S/c1-4-16(2)18-8-10-19(11-9-18)29(27,28)25-14-12-24(13-15-25)21-7-5-6-20(23)22(21)17(3)26/h5-11,16H,4,12-15H2,1-3H3/t16-/m1/s1. The Balaban J connectivity index is 1.75. The fourth-order valence-electron chi connectivity index (χ4n) is 3.65. The number of ketones is 1. The first-order valence-corrected chi connectivity index (χ1v) is 11.3. The summed E-state index contributed by atoms with van der Waals surface area (Å²) in [5, 5.41) is 0. The van der Waals surface area contributed by atoms with Crippen molar-refractivity contribution in [3.05, 3.63) is 59.4 Å². The molecule has 0 spiro atoms. The van der Waals surface area contributed by atoms with Gasteiger partial charge in [-0.05, 0) is 49.1 Å². The molecule has 2 aromatic carbocycles. The lowest BCUT2D eigenvalue weighted by Crippen LogP contribution is -2.49. The highest BCUT2D eigenvalue weighted by Gasteiger charge is 2.30. The summed E-state index contributed by atoms with van der Waals surface area (Å²) in [6.07, 6.45) is 0.996. The van der Waals surface area contributed by atoms with Crippen LogP contribution in [-0.4, -0.2) is 44.7 Å². The van der Waals surface area contributed by atoms with E-state index in [1.807, 2.05) is 17.0 Å². The molecule has 0 aliphatic carbocycles. The van der Waals surface area contributed by atoms with Gasteiger partial charge < -0.3 is 4.90 Å². The maximum atomic E-state index is 14.1. The molecule has 0 amide bonds. The van der Waals surface area contributed by atoms with Crippen LogP contribution in [0.1, 0.15) is 49.0 Å². The normalized spacial score (nSPS) is 16.6. The second kappa shape index (κ2) is 8.63. The van der Waals surface area contributed by atoms with E-state index in [0.717, 1.165) is 12.0 Å². The summed E-state index contributed by atoms with van der Waals surface area (Å²) < 4.78 is 41.6. The summed E-state index contributed by atoms with van der Waals surface area (Å²) in [6, 6.07) is 11.6. The Morgan fingerprint density at radius 1 is 1.07 bits per heavy atom. The van der Waals surface area contributed by atoms with Gasteiger partial charge in [-0.2, -0.15) is 4.31 Å². The first-order valence-electron chi connectivity index (χ1n) is 9.90. The van der Waals surface area contributed by atoms with E-state index in [4.69, 9.17) is 0 Å². The fraction of sp³-hybridized carbons (Fsp3) is 0.409. The van der Waals surface area contributed by atoms with Crippen molar-refractivity contribution in [1.29, 1.82) is 0 Å². The minimum atomic E-state index is -3.59. The average Bonchev–Trinajstić information content (AvgIpc) is 2.73. The zero-order valence-corrected chi connectivity index (χ0v) is 17.9. The van der Waals surface area contributed by atoms with Crippen LogP contribution in [0.25, 0.3) is 0 Å². The number of hydrogen-bond acceptors (Lipinski definition) is 4. The van der Waals surface area contributed by atoms with Gasteiger partial charge in [-0.1, -0.05) is 32.0 Å². The summed E-state index contributed by atoms with van der Waals surface area (Å²) in [5.41, 5.74) is 1.70. The lowest BCUT2D eigenvalue weighted by molar-refractivity contribution is 0.101. The molecule has 0 aromatic heterocycles. The van der Waals surface area contributed by atoms with Crippen LogP contribution in [0.5, 0.6) is 0 Å². The van der Waals surface area contributed by atoms with Crippen molar-refractivity contribution >= 4 is 21.5 Å². The van der Waals surface area contributed by atoms with Crippen molar-refractivity contribution < 1.29 is 17.6 Å². The van der Waals surface area contributed by atoms with E-state index in [-0.39, 0.29) is 29.3 Å². The molecule has 2 aromatic rings. The minimum absolute atomic E-state index is 0.0597. The quantitative estimate of drug-likeness (QED) is 0.664. The summed E-state index contributed by atoms with van der Waals surface area (Å²) in [6.45, 7) is 6.91. The molecule has 0 N–H and O–H groups in total. The van der Waals surface area contributed by atoms with Crippen LogP contribution in [0.2, 0.25) is 0 Å². The van der Waals surface area contributed by atoms with Crippen LogP contribution in [0, 0.1) is 5.82 Å². The molecule has 29 heavy (non-hydrogen) atoms. The van der Waals surface area contributed by atoms with Gasteiger partial charge in [-0.3, -0.25) is 4.79 Å². The van der Waals surface area contributed by atoms with E-state index in [0.29, 0.717) is 24.7 Å². The van der Waals surface area contributed by atoms with Gasteiger partial charge in [0.15, 0.2) is 5.78 Å². The van der Waals surface area contributed by atoms with E-state index >= 15 is 0 Å². The number of benzene rings is 2. The number of Topliss-reactive ketones (excluding diaryl/α,β-unsaturated/α-hetero) is 1. The number of piperazine rings is 1. The molecule has 1 fully saturated rings. The van der Waals surface area contributed by atoms with E-state index < -0.39 is 15.8 Å². The van der Waals surface area contributed by atoms with Crippen LogP contribution in [-0.2, 0) is 10.0 Å². The van der Waals surface area contributed by atoms with Crippen LogP contribution in [0.4, 0.5) is 10.1 Å². The third-order valence-electron chi connectivity index (χ3n) is 5.62. The summed E-state index contributed by atoms with van der Waals surface area (Å²) >= 11 is 0. The van der Waals surface area contributed by atoms with Gasteiger partial charge >= 0.3 is 0 Å². The van der Waals surface area contributed by atoms with Gasteiger partial charge in [0.1, 0.15) is 5.82 Å². The second-order valence-corrected chi connectivity index (χ2v) is 9.40. The van der Waals surface area contributed by atoms with Crippen LogP contribution < -0.4 is 4.90 Å². The maximum Gasteiger partial charge on any atom is 0.243 e. The molecule has 1 heterocycles. The van der Waals surface area contributed by atoms with Crippen molar-refractivity contribution in [2.75, 3.05) is 31.1 Å². The molecule has 156 valence electrons. The zero-order valence-electron chi connectivity index (χ0n) is 17.1. The van der Waals surface area contributed by atoms with Gasteiger partial charge in [0.05, 0.1) is 16.1 Å². The molecule has 7 heteroatoms. The highest BCUT2D eigenvalue weighted by Crippen LogP contribution is 2.27. The Hall–Kier alpha value is -2.25. The molecule has 3 rings (SSSR count). The van der Waals surface area contributed by atoms with Crippen LogP contribution in [0.3, 0.4) is 0 Å². The number of carbonyl (C=O) groups is 1. The molecule has 0 bridgehead atoms. The number of sulfonamides is 1. The topological polar surface area (TPSA) is 57.7 Å². The molecule has 0 radical (unpaired) electrons. The Kier molecular flexibility index (Phi) is 6.39. The van der Waals surface area contributed by atoms with Crippen molar-refractivity contribution in [1.82, 2.24) is 4.31 Å². The summed E-state index contributed by atoms with van der Waals surface area (Å²) in [4.78, 5) is 14.0. The number of anilines is 1. The Morgan fingerprint density at radius 2 is 1.69 bits per heavy atom. The third-order valence-corrected chi connectivity index (χ3v) is 7.54. The highest BCUT2D eigenvalue weighted by molar-refractivity contribution is 7.89. The summed E-state index contributed by atoms with van der Waals surface area (Å²) in [7, 11) is -3.59. The van der Waals surface area contributed by atoms with Gasteiger partial charge in [-0.15, -0.1) is 0 Å². The lowest BCUT2D eigenvalue weighted by Gasteiger charge is -2.36. The predicted molar refractivity (Wildman–Crippen MR) is 113 cm³/mol. The molecule has 1 atom stereocenters. The minimum Gasteiger partial charge on any atom is -0.368 e. The van der Waals surface area contributed by atoms with E-state index in [1.165, 1.54) is 17.3 Å². The number of halogens is 1. The van der Waals surface area contributed by atoms with Gasteiger partial charge in [0.2, 0.25) is 10.0 Å². The first-order chi connectivity index (χ1) is 13.8. The number of carbonyl (C=O) groups excluding carboxylic acids is 1. The highest BCUT2D eigenvalue weighted by atomic mass is 32.2. The lowest BCUT2D eigenvalue weighted by atomic mass is 9.99. The molecule has 5 nitrogen and oxygen atoms in total. The van der Waals surface area contributed by atoms with Crippen LogP contribution >= 0.6 is 0 Å². The van der Waals surface area contributed by atoms with Gasteiger partial charge in [0, 0.05) is 26.2 Å². The number of rotatable bonds is 6. The molecule has 0 saturated carbocycles. The molecule has 0 unspecified atom stereocenters. The molecule has 1 aliphatic heterocycles. The van der Waals surface area contributed by atoms with Crippen molar-refractivity contribution in [2.24, 2.45) is 0 Å². The molecular formula is C22H27FN2O3S. The van der Waals surface area contributed by atoms with E-state index in [2.05, 4.69) is 13.8 Å². The largest absolute Gasteiger partial charge is 0.368 e. The maximum absolute atomic E-state index is 14.1. The SMILES string of the molecule is CC[C@@H](C)c1ccc(S(=O)(=O)N2CCN(c3cccc(F)c3C(C)=O)CC2)cc1.